The summed E-state index contributed by atoms with van der Waals surface area (Å²) in [4.78, 5) is 10.7. The van der Waals surface area contributed by atoms with Crippen LogP contribution in [0.3, 0.4) is 0 Å². The number of aliphatic imine (C=N–C) groups is 1. The molecule has 2 heterocycles. The highest BCUT2D eigenvalue weighted by atomic mass is 32.1. The lowest BCUT2D eigenvalue weighted by atomic mass is 10.3. The topological polar surface area (TPSA) is 80.0 Å². The van der Waals surface area contributed by atoms with Gasteiger partial charge in [-0.05, 0) is 20.3 Å². The van der Waals surface area contributed by atoms with E-state index in [0.29, 0.717) is 0 Å². The summed E-state index contributed by atoms with van der Waals surface area (Å²) in [5.41, 5.74) is 1.22. The summed E-state index contributed by atoms with van der Waals surface area (Å²) in [5, 5.41) is 15.9. The Labute approximate surface area is 154 Å². The maximum atomic E-state index is 4.68. The molecule has 0 amide bonds. The van der Waals surface area contributed by atoms with Gasteiger partial charge in [0.2, 0.25) is 0 Å². The molecule has 25 heavy (non-hydrogen) atoms. The summed E-state index contributed by atoms with van der Waals surface area (Å²) in [6.45, 7) is 11.6. The number of nitrogens with one attached hydrogen (secondary N) is 2. The lowest BCUT2D eigenvalue weighted by Gasteiger charge is -2.12. The standard InChI is InChI=1S/C17H29N7S/c1-5-14-13(4)25-16(22-14)8-9-19-17(18-7-3)20-10-11-24-12-21-23-15(24)6-2/h12H,5-11H2,1-4H3,(H2,18,19,20). The van der Waals surface area contributed by atoms with E-state index in [2.05, 4.69) is 63.1 Å². The van der Waals surface area contributed by atoms with E-state index >= 15 is 0 Å². The Morgan fingerprint density at radius 3 is 2.76 bits per heavy atom. The molecule has 0 fully saturated rings. The normalized spacial score (nSPS) is 11.8. The zero-order valence-electron chi connectivity index (χ0n) is 15.7. The monoisotopic (exact) mass is 363 g/mol. The highest BCUT2D eigenvalue weighted by Gasteiger charge is 2.06. The van der Waals surface area contributed by atoms with Gasteiger partial charge in [0.1, 0.15) is 12.2 Å². The second-order valence-electron chi connectivity index (χ2n) is 5.70. The molecule has 0 radical (unpaired) electrons. The molecule has 0 unspecified atom stereocenters. The van der Waals surface area contributed by atoms with Gasteiger partial charge < -0.3 is 15.2 Å². The fraction of sp³-hybridized carbons (Fsp3) is 0.647. The lowest BCUT2D eigenvalue weighted by Crippen LogP contribution is -2.39. The van der Waals surface area contributed by atoms with Gasteiger partial charge in [-0.25, -0.2) is 4.98 Å². The molecular formula is C17H29N7S. The van der Waals surface area contributed by atoms with E-state index in [1.807, 2.05) is 0 Å². The molecule has 2 rings (SSSR count). The predicted octanol–water partition coefficient (Wildman–Crippen LogP) is 1.97. The number of hydrogen-bond donors (Lipinski definition) is 2. The maximum Gasteiger partial charge on any atom is 0.191 e. The zero-order chi connectivity index (χ0) is 18.1. The smallest absolute Gasteiger partial charge is 0.191 e. The van der Waals surface area contributed by atoms with Gasteiger partial charge in [-0.1, -0.05) is 13.8 Å². The number of aryl methyl sites for hydroxylation is 3. The Bertz CT molecular complexity index is 674. The molecule has 0 atom stereocenters. The van der Waals surface area contributed by atoms with E-state index in [0.717, 1.165) is 57.2 Å². The molecule has 0 spiro atoms. The number of rotatable bonds is 9. The fourth-order valence-electron chi connectivity index (χ4n) is 2.56. The van der Waals surface area contributed by atoms with Crippen LogP contribution in [0, 0.1) is 6.92 Å². The summed E-state index contributed by atoms with van der Waals surface area (Å²) in [7, 11) is 0. The molecule has 8 heteroatoms. The molecule has 7 nitrogen and oxygen atoms in total. The molecule has 0 aliphatic heterocycles. The van der Waals surface area contributed by atoms with Crippen LogP contribution in [0.5, 0.6) is 0 Å². The van der Waals surface area contributed by atoms with Crippen LogP contribution in [0.2, 0.25) is 0 Å². The quantitative estimate of drug-likeness (QED) is 0.526. The Hall–Kier alpha value is -1.96. The summed E-state index contributed by atoms with van der Waals surface area (Å²) in [5.74, 6) is 1.85. The molecule has 0 bridgehead atoms. The Morgan fingerprint density at radius 2 is 2.08 bits per heavy atom. The van der Waals surface area contributed by atoms with Gasteiger partial charge in [0.05, 0.1) is 10.7 Å². The molecule has 2 aromatic heterocycles. The third-order valence-corrected chi connectivity index (χ3v) is 4.94. The Morgan fingerprint density at radius 1 is 1.24 bits per heavy atom. The van der Waals surface area contributed by atoms with E-state index in [-0.39, 0.29) is 0 Å². The Balaban J connectivity index is 1.82. The molecule has 138 valence electrons. The van der Waals surface area contributed by atoms with Crippen LogP contribution in [0.15, 0.2) is 11.3 Å². The van der Waals surface area contributed by atoms with Gasteiger partial charge in [-0.2, -0.15) is 0 Å². The summed E-state index contributed by atoms with van der Waals surface area (Å²) >= 11 is 1.79. The average molecular weight is 364 g/mol. The number of thiazole rings is 1. The summed E-state index contributed by atoms with van der Waals surface area (Å²) < 4.78 is 2.07. The van der Waals surface area contributed by atoms with E-state index < -0.39 is 0 Å². The van der Waals surface area contributed by atoms with Gasteiger partial charge in [0.25, 0.3) is 0 Å². The van der Waals surface area contributed by atoms with Gasteiger partial charge in [0, 0.05) is 43.9 Å². The maximum absolute atomic E-state index is 4.68. The van der Waals surface area contributed by atoms with Crippen LogP contribution >= 0.6 is 11.3 Å². The number of nitrogens with zero attached hydrogens (tertiary/aromatic N) is 5. The van der Waals surface area contributed by atoms with Gasteiger partial charge in [-0.15, -0.1) is 21.5 Å². The molecule has 2 aromatic rings. The fourth-order valence-corrected chi connectivity index (χ4v) is 3.57. The van der Waals surface area contributed by atoms with E-state index in [1.165, 1.54) is 15.6 Å². The minimum atomic E-state index is 0.734. The lowest BCUT2D eigenvalue weighted by molar-refractivity contribution is 0.632. The number of hydrogen-bond acceptors (Lipinski definition) is 5. The average Bonchev–Trinajstić information content (AvgIpc) is 3.20. The van der Waals surface area contributed by atoms with Crippen molar-refractivity contribution in [2.75, 3.05) is 19.6 Å². The zero-order valence-corrected chi connectivity index (χ0v) is 16.5. The van der Waals surface area contributed by atoms with Crippen LogP contribution in [-0.4, -0.2) is 45.3 Å². The van der Waals surface area contributed by atoms with Crippen molar-refractivity contribution in [2.24, 2.45) is 4.99 Å². The van der Waals surface area contributed by atoms with Crippen molar-refractivity contribution in [1.29, 1.82) is 0 Å². The summed E-state index contributed by atoms with van der Waals surface area (Å²) in [6.07, 6.45) is 4.55. The van der Waals surface area contributed by atoms with Crippen LogP contribution in [-0.2, 0) is 25.8 Å². The first-order valence-electron chi connectivity index (χ1n) is 9.01. The molecule has 0 aliphatic carbocycles. The van der Waals surface area contributed by atoms with Crippen molar-refractivity contribution in [3.8, 4) is 0 Å². The SMILES string of the molecule is CCNC(=NCCc1nc(CC)c(C)s1)NCCn1cnnc1CC. The molecule has 2 N–H and O–H groups in total. The van der Waals surface area contributed by atoms with Crippen molar-refractivity contribution in [1.82, 2.24) is 30.4 Å². The molecular weight excluding hydrogens is 334 g/mol. The third kappa shape index (κ3) is 5.81. The van der Waals surface area contributed by atoms with Crippen molar-refractivity contribution >= 4 is 17.3 Å². The first-order valence-corrected chi connectivity index (χ1v) is 9.83. The first-order chi connectivity index (χ1) is 12.2. The molecule has 0 aromatic carbocycles. The van der Waals surface area contributed by atoms with Crippen LogP contribution in [0.1, 0.15) is 42.2 Å². The van der Waals surface area contributed by atoms with Crippen molar-refractivity contribution in [2.45, 2.75) is 53.5 Å². The van der Waals surface area contributed by atoms with Crippen LogP contribution < -0.4 is 10.6 Å². The minimum Gasteiger partial charge on any atom is -0.357 e. The number of guanidine groups is 1. The molecule has 0 aliphatic rings. The number of aromatic nitrogens is 4. The van der Waals surface area contributed by atoms with Gasteiger partial charge in [-0.3, -0.25) is 4.99 Å². The van der Waals surface area contributed by atoms with Crippen molar-refractivity contribution in [3.05, 3.63) is 27.7 Å². The van der Waals surface area contributed by atoms with Crippen molar-refractivity contribution < 1.29 is 0 Å². The largest absolute Gasteiger partial charge is 0.357 e. The second-order valence-corrected chi connectivity index (χ2v) is 6.98. The highest BCUT2D eigenvalue weighted by molar-refractivity contribution is 7.11. The minimum absolute atomic E-state index is 0.734. The van der Waals surface area contributed by atoms with Gasteiger partial charge >= 0.3 is 0 Å². The van der Waals surface area contributed by atoms with Crippen molar-refractivity contribution in [3.63, 3.8) is 0 Å². The van der Waals surface area contributed by atoms with Crippen LogP contribution in [0.25, 0.3) is 0 Å². The third-order valence-electron chi connectivity index (χ3n) is 3.87. The molecule has 0 saturated heterocycles. The second kappa shape index (κ2) is 10.1. The first kappa shape index (κ1) is 19.4. The van der Waals surface area contributed by atoms with E-state index in [1.54, 1.807) is 17.7 Å². The summed E-state index contributed by atoms with van der Waals surface area (Å²) in [6, 6.07) is 0. The Kier molecular flexibility index (Phi) is 7.84. The predicted molar refractivity (Wildman–Crippen MR) is 103 cm³/mol. The van der Waals surface area contributed by atoms with E-state index in [9.17, 15) is 0 Å². The van der Waals surface area contributed by atoms with E-state index in [4.69, 9.17) is 0 Å². The van der Waals surface area contributed by atoms with Crippen LogP contribution in [0.4, 0.5) is 0 Å². The van der Waals surface area contributed by atoms with Gasteiger partial charge in [0.15, 0.2) is 5.96 Å². The molecule has 0 saturated carbocycles. The highest BCUT2D eigenvalue weighted by Crippen LogP contribution is 2.18.